The van der Waals surface area contributed by atoms with Crippen LogP contribution in [-0.4, -0.2) is 59.5 Å². The van der Waals surface area contributed by atoms with E-state index in [9.17, 15) is 0 Å². The number of hydrogen-bond acceptors (Lipinski definition) is 6. The fraction of sp³-hybridized carbons (Fsp3) is 0.611. The Morgan fingerprint density at radius 3 is 2.81 bits per heavy atom. The summed E-state index contributed by atoms with van der Waals surface area (Å²) in [5, 5.41) is 4.54. The number of aryl methyl sites for hydroxylation is 1. The zero-order valence-corrected chi connectivity index (χ0v) is 16.5. The molecule has 26 heavy (non-hydrogen) atoms. The van der Waals surface area contributed by atoms with E-state index in [4.69, 9.17) is 9.41 Å². The van der Waals surface area contributed by atoms with Gasteiger partial charge in [0.2, 0.25) is 5.13 Å². The van der Waals surface area contributed by atoms with Gasteiger partial charge >= 0.3 is 0 Å². The number of nitrogens with one attached hydrogen (secondary N) is 1. The number of nitrogens with zero attached hydrogens (tertiary/aromatic N) is 5. The first-order chi connectivity index (χ1) is 12.8. The Bertz CT molecular complexity index is 676. The Kier molecular flexibility index (Phi) is 6.88. The lowest BCUT2D eigenvalue weighted by Crippen LogP contribution is -2.53. The fourth-order valence-electron chi connectivity index (χ4n) is 2.86. The van der Waals surface area contributed by atoms with Gasteiger partial charge in [-0.3, -0.25) is 4.99 Å². The average molecular weight is 377 g/mol. The van der Waals surface area contributed by atoms with Crippen LogP contribution >= 0.6 is 11.5 Å². The molecule has 0 atom stereocenters. The molecule has 0 bridgehead atoms. The van der Waals surface area contributed by atoms with Gasteiger partial charge in [-0.2, -0.15) is 4.37 Å². The zero-order valence-electron chi connectivity index (χ0n) is 15.6. The quantitative estimate of drug-likeness (QED) is 0.591. The summed E-state index contributed by atoms with van der Waals surface area (Å²) < 4.78 is 9.80. The minimum atomic E-state index is 0.826. The van der Waals surface area contributed by atoms with Crippen LogP contribution in [0.4, 0.5) is 5.13 Å². The summed E-state index contributed by atoms with van der Waals surface area (Å²) in [6.45, 7) is 9.70. The molecule has 0 amide bonds. The SMILES string of the molecule is CCCN=C(NCCc1ccco1)N1CCN(c2nc(CC)ns2)CC1. The first-order valence-electron chi connectivity index (χ1n) is 9.43. The summed E-state index contributed by atoms with van der Waals surface area (Å²) in [5.74, 6) is 2.95. The smallest absolute Gasteiger partial charge is 0.205 e. The topological polar surface area (TPSA) is 69.8 Å². The molecular weight excluding hydrogens is 348 g/mol. The number of rotatable bonds is 7. The summed E-state index contributed by atoms with van der Waals surface area (Å²) in [4.78, 5) is 14.0. The predicted octanol–water partition coefficient (Wildman–Crippen LogP) is 2.41. The molecule has 0 spiro atoms. The highest BCUT2D eigenvalue weighted by Gasteiger charge is 2.22. The first kappa shape index (κ1) is 18.7. The van der Waals surface area contributed by atoms with Crippen molar-refractivity contribution >= 4 is 22.6 Å². The summed E-state index contributed by atoms with van der Waals surface area (Å²) >= 11 is 1.51. The number of anilines is 1. The first-order valence-corrected chi connectivity index (χ1v) is 10.2. The second kappa shape index (κ2) is 9.56. The van der Waals surface area contributed by atoms with Crippen LogP contribution in [0, 0.1) is 0 Å². The summed E-state index contributed by atoms with van der Waals surface area (Å²) in [7, 11) is 0. The molecule has 1 saturated heterocycles. The van der Waals surface area contributed by atoms with Crippen LogP contribution in [0.5, 0.6) is 0 Å². The molecule has 1 fully saturated rings. The molecule has 0 aliphatic carbocycles. The Morgan fingerprint density at radius 1 is 1.31 bits per heavy atom. The Balaban J connectivity index is 1.52. The third kappa shape index (κ3) is 4.97. The molecule has 3 heterocycles. The second-order valence-corrected chi connectivity index (χ2v) is 7.01. The maximum Gasteiger partial charge on any atom is 0.205 e. The van der Waals surface area contributed by atoms with Crippen LogP contribution in [0.25, 0.3) is 0 Å². The Morgan fingerprint density at radius 2 is 2.15 bits per heavy atom. The molecule has 3 rings (SSSR count). The van der Waals surface area contributed by atoms with E-state index in [-0.39, 0.29) is 0 Å². The molecule has 2 aromatic rings. The molecule has 142 valence electrons. The monoisotopic (exact) mass is 376 g/mol. The molecule has 1 N–H and O–H groups in total. The van der Waals surface area contributed by atoms with Crippen molar-refractivity contribution in [1.82, 2.24) is 19.6 Å². The lowest BCUT2D eigenvalue weighted by atomic mass is 10.3. The summed E-state index contributed by atoms with van der Waals surface area (Å²) in [6, 6.07) is 3.94. The largest absolute Gasteiger partial charge is 0.469 e. The highest BCUT2D eigenvalue weighted by atomic mass is 32.1. The van der Waals surface area contributed by atoms with E-state index >= 15 is 0 Å². The lowest BCUT2D eigenvalue weighted by molar-refractivity contribution is 0.371. The Labute approximate surface area is 159 Å². The molecular formula is C18H28N6OS. The standard InChI is InChI=1S/C18H28N6OS/c1-3-8-19-17(20-9-7-15-6-5-14-25-15)23-10-12-24(13-11-23)18-21-16(4-2)22-26-18/h5-6,14H,3-4,7-13H2,1-2H3,(H,19,20). The zero-order chi connectivity index (χ0) is 18.2. The third-order valence-corrected chi connectivity index (χ3v) is 5.16. The van der Waals surface area contributed by atoms with Crippen LogP contribution in [0.2, 0.25) is 0 Å². The molecule has 1 aliphatic heterocycles. The number of aliphatic imine (C=N–C) groups is 1. The van der Waals surface area contributed by atoms with Gasteiger partial charge in [0.05, 0.1) is 6.26 Å². The van der Waals surface area contributed by atoms with Crippen molar-refractivity contribution in [2.24, 2.45) is 4.99 Å². The van der Waals surface area contributed by atoms with Crippen LogP contribution < -0.4 is 10.2 Å². The summed E-state index contributed by atoms with van der Waals surface area (Å²) in [6.07, 6.45) is 4.53. The van der Waals surface area contributed by atoms with Crippen LogP contribution in [0.15, 0.2) is 27.8 Å². The molecule has 7 nitrogen and oxygen atoms in total. The number of guanidine groups is 1. The van der Waals surface area contributed by atoms with Crippen molar-refractivity contribution in [2.75, 3.05) is 44.2 Å². The minimum absolute atomic E-state index is 0.826. The van der Waals surface area contributed by atoms with Crippen molar-refractivity contribution in [1.29, 1.82) is 0 Å². The molecule has 8 heteroatoms. The van der Waals surface area contributed by atoms with E-state index in [1.54, 1.807) is 6.26 Å². The van der Waals surface area contributed by atoms with E-state index in [0.717, 1.165) is 81.2 Å². The van der Waals surface area contributed by atoms with E-state index in [0.29, 0.717) is 0 Å². The van der Waals surface area contributed by atoms with Crippen molar-refractivity contribution < 1.29 is 4.42 Å². The van der Waals surface area contributed by atoms with Crippen LogP contribution in [-0.2, 0) is 12.8 Å². The van der Waals surface area contributed by atoms with Gasteiger partial charge in [0.15, 0.2) is 5.96 Å². The van der Waals surface area contributed by atoms with Gasteiger partial charge < -0.3 is 19.5 Å². The van der Waals surface area contributed by atoms with Crippen LogP contribution in [0.3, 0.4) is 0 Å². The molecule has 0 aromatic carbocycles. The van der Waals surface area contributed by atoms with Gasteiger partial charge in [0.1, 0.15) is 11.6 Å². The lowest BCUT2D eigenvalue weighted by Gasteiger charge is -2.36. The van der Waals surface area contributed by atoms with Crippen molar-refractivity contribution in [2.45, 2.75) is 33.1 Å². The highest BCUT2D eigenvalue weighted by molar-refractivity contribution is 7.09. The molecule has 0 radical (unpaired) electrons. The van der Waals surface area contributed by atoms with Gasteiger partial charge in [0, 0.05) is 63.6 Å². The maximum atomic E-state index is 5.40. The van der Waals surface area contributed by atoms with Gasteiger partial charge in [-0.15, -0.1) is 0 Å². The fourth-order valence-corrected chi connectivity index (χ4v) is 3.67. The number of furan rings is 1. The van der Waals surface area contributed by atoms with Gasteiger partial charge in [-0.05, 0) is 18.6 Å². The van der Waals surface area contributed by atoms with Gasteiger partial charge in [-0.25, -0.2) is 4.98 Å². The predicted molar refractivity (Wildman–Crippen MR) is 106 cm³/mol. The molecule has 0 saturated carbocycles. The van der Waals surface area contributed by atoms with Gasteiger partial charge in [-0.1, -0.05) is 13.8 Å². The highest BCUT2D eigenvalue weighted by Crippen LogP contribution is 2.19. The van der Waals surface area contributed by atoms with Crippen molar-refractivity contribution in [3.8, 4) is 0 Å². The van der Waals surface area contributed by atoms with E-state index in [2.05, 4.69) is 38.3 Å². The van der Waals surface area contributed by atoms with Gasteiger partial charge in [0.25, 0.3) is 0 Å². The molecule has 0 unspecified atom stereocenters. The van der Waals surface area contributed by atoms with Crippen molar-refractivity contribution in [3.63, 3.8) is 0 Å². The third-order valence-electron chi connectivity index (χ3n) is 4.34. The van der Waals surface area contributed by atoms with Crippen LogP contribution in [0.1, 0.15) is 31.9 Å². The molecule has 2 aromatic heterocycles. The minimum Gasteiger partial charge on any atom is -0.469 e. The van der Waals surface area contributed by atoms with E-state index < -0.39 is 0 Å². The second-order valence-electron chi connectivity index (χ2n) is 6.28. The number of aromatic nitrogens is 2. The Hall–Kier alpha value is -2.09. The van der Waals surface area contributed by atoms with Crippen molar-refractivity contribution in [3.05, 3.63) is 30.0 Å². The number of hydrogen-bond donors (Lipinski definition) is 1. The van der Waals surface area contributed by atoms with E-state index in [1.807, 2.05) is 12.1 Å². The average Bonchev–Trinajstić information content (AvgIpc) is 3.36. The maximum absolute atomic E-state index is 5.40. The molecule has 1 aliphatic rings. The normalized spacial score (nSPS) is 15.5. The number of piperazine rings is 1. The van der Waals surface area contributed by atoms with E-state index in [1.165, 1.54) is 11.5 Å². The summed E-state index contributed by atoms with van der Waals surface area (Å²) in [5.41, 5.74) is 0.